The van der Waals surface area contributed by atoms with Gasteiger partial charge in [0.15, 0.2) is 6.29 Å². The first-order chi connectivity index (χ1) is 10.5. The largest absolute Gasteiger partial charge is 0.444 e. The zero-order valence-corrected chi connectivity index (χ0v) is 16.2. The van der Waals surface area contributed by atoms with E-state index in [2.05, 4.69) is 5.32 Å². The highest BCUT2D eigenvalue weighted by atomic mass is 16.7. The first kappa shape index (κ1) is 22.1. The van der Waals surface area contributed by atoms with Crippen molar-refractivity contribution in [3.05, 3.63) is 0 Å². The Kier molecular flexibility index (Phi) is 9.73. The molecule has 1 amide bonds. The van der Waals surface area contributed by atoms with Gasteiger partial charge in [-0.25, -0.2) is 4.79 Å². The van der Waals surface area contributed by atoms with Crippen LogP contribution in [0.15, 0.2) is 0 Å². The minimum atomic E-state index is -0.497. The lowest BCUT2D eigenvalue weighted by atomic mass is 10.1. The summed E-state index contributed by atoms with van der Waals surface area (Å²) in [7, 11) is 0. The number of amides is 1. The lowest BCUT2D eigenvalue weighted by Gasteiger charge is -2.37. The predicted octanol–water partition coefficient (Wildman–Crippen LogP) is 3.01. The monoisotopic (exact) mass is 332 g/mol. The highest BCUT2D eigenvalue weighted by molar-refractivity contribution is 5.69. The maximum Gasteiger partial charge on any atom is 0.410 e. The van der Waals surface area contributed by atoms with Gasteiger partial charge in [0.05, 0.1) is 0 Å². The Morgan fingerprint density at radius 2 is 1.57 bits per heavy atom. The summed E-state index contributed by atoms with van der Waals surface area (Å²) in [6.07, 6.45) is -0.549. The molecule has 0 heterocycles. The fourth-order valence-corrected chi connectivity index (χ4v) is 1.97. The van der Waals surface area contributed by atoms with Crippen LogP contribution in [-0.4, -0.2) is 61.3 Å². The first-order valence-corrected chi connectivity index (χ1v) is 8.45. The molecule has 0 radical (unpaired) electrons. The summed E-state index contributed by atoms with van der Waals surface area (Å²) in [6, 6.07) is 0. The molecule has 0 aliphatic heterocycles. The SMILES string of the molecule is CCOC(CNCCN(C(=O)OC(C)(C)C)C(C)(C)C)OCC. The van der Waals surface area contributed by atoms with Crippen molar-refractivity contribution in [2.24, 2.45) is 0 Å². The minimum Gasteiger partial charge on any atom is -0.444 e. The van der Waals surface area contributed by atoms with Crippen LogP contribution < -0.4 is 5.32 Å². The van der Waals surface area contributed by atoms with Crippen molar-refractivity contribution in [2.45, 2.75) is 72.8 Å². The van der Waals surface area contributed by atoms with Crippen LogP contribution in [-0.2, 0) is 14.2 Å². The number of hydrogen-bond donors (Lipinski definition) is 1. The van der Waals surface area contributed by atoms with Gasteiger partial charge in [0, 0.05) is 38.4 Å². The highest BCUT2D eigenvalue weighted by Gasteiger charge is 2.30. The summed E-state index contributed by atoms with van der Waals surface area (Å²) in [5.74, 6) is 0. The molecule has 0 aromatic rings. The van der Waals surface area contributed by atoms with Crippen LogP contribution >= 0.6 is 0 Å². The summed E-state index contributed by atoms with van der Waals surface area (Å²) in [5.41, 5.74) is -0.799. The Morgan fingerprint density at radius 1 is 1.04 bits per heavy atom. The third-order valence-corrected chi connectivity index (χ3v) is 2.95. The number of carbonyl (C=O) groups excluding carboxylic acids is 1. The summed E-state index contributed by atoms with van der Waals surface area (Å²) in [4.78, 5) is 14.1. The van der Waals surface area contributed by atoms with E-state index in [4.69, 9.17) is 14.2 Å². The van der Waals surface area contributed by atoms with Gasteiger partial charge in [0.25, 0.3) is 0 Å². The number of nitrogens with zero attached hydrogens (tertiary/aromatic N) is 1. The first-order valence-electron chi connectivity index (χ1n) is 8.45. The second-order valence-corrected chi connectivity index (χ2v) is 7.35. The average Bonchev–Trinajstić information content (AvgIpc) is 2.34. The normalized spacial score (nSPS) is 12.6. The minimum absolute atomic E-state index is 0.255. The topological polar surface area (TPSA) is 60.0 Å². The van der Waals surface area contributed by atoms with Crippen molar-refractivity contribution in [3.8, 4) is 0 Å². The Balaban J connectivity index is 4.44. The van der Waals surface area contributed by atoms with E-state index in [1.165, 1.54) is 0 Å². The Hall–Kier alpha value is -0.850. The van der Waals surface area contributed by atoms with E-state index in [1.807, 2.05) is 55.4 Å². The molecular formula is C17H36N2O4. The van der Waals surface area contributed by atoms with E-state index >= 15 is 0 Å². The lowest BCUT2D eigenvalue weighted by Crippen LogP contribution is -2.50. The number of hydrogen-bond acceptors (Lipinski definition) is 5. The molecule has 0 saturated heterocycles. The molecule has 0 atom stereocenters. The number of ether oxygens (including phenoxy) is 3. The van der Waals surface area contributed by atoms with Crippen LogP contribution in [0.25, 0.3) is 0 Å². The molecule has 23 heavy (non-hydrogen) atoms. The Labute approximate surface area is 141 Å². The van der Waals surface area contributed by atoms with Crippen molar-refractivity contribution in [1.29, 1.82) is 0 Å². The fourth-order valence-electron chi connectivity index (χ4n) is 1.97. The smallest absolute Gasteiger partial charge is 0.410 e. The molecule has 6 heteroatoms. The standard InChI is InChI=1S/C17H36N2O4/c1-9-21-14(22-10-2)13-18-11-12-19(16(3,4)5)15(20)23-17(6,7)8/h14,18H,9-13H2,1-8H3. The van der Waals surface area contributed by atoms with Crippen molar-refractivity contribution in [3.63, 3.8) is 0 Å². The van der Waals surface area contributed by atoms with E-state index in [0.29, 0.717) is 32.8 Å². The van der Waals surface area contributed by atoms with Gasteiger partial charge in [0.1, 0.15) is 5.60 Å². The van der Waals surface area contributed by atoms with Gasteiger partial charge >= 0.3 is 6.09 Å². The number of nitrogens with one attached hydrogen (secondary N) is 1. The summed E-state index contributed by atoms with van der Waals surface area (Å²) >= 11 is 0. The molecule has 1 N–H and O–H groups in total. The molecule has 0 aliphatic rings. The maximum atomic E-state index is 12.4. The van der Waals surface area contributed by atoms with Crippen molar-refractivity contribution >= 4 is 6.09 Å². The molecule has 0 aromatic heterocycles. The highest BCUT2D eigenvalue weighted by Crippen LogP contribution is 2.17. The zero-order valence-electron chi connectivity index (χ0n) is 16.2. The summed E-state index contributed by atoms with van der Waals surface area (Å²) in [6.45, 7) is 18.5. The van der Waals surface area contributed by atoms with E-state index < -0.39 is 5.60 Å². The van der Waals surface area contributed by atoms with Crippen molar-refractivity contribution in [1.82, 2.24) is 10.2 Å². The van der Waals surface area contributed by atoms with Gasteiger partial charge in [-0.3, -0.25) is 0 Å². The third-order valence-electron chi connectivity index (χ3n) is 2.95. The van der Waals surface area contributed by atoms with Crippen LogP contribution in [0.2, 0.25) is 0 Å². The van der Waals surface area contributed by atoms with Crippen LogP contribution in [0, 0.1) is 0 Å². The summed E-state index contributed by atoms with van der Waals surface area (Å²) < 4.78 is 16.5. The molecule has 0 bridgehead atoms. The molecule has 0 spiro atoms. The second-order valence-electron chi connectivity index (χ2n) is 7.35. The molecule has 0 unspecified atom stereocenters. The zero-order chi connectivity index (χ0) is 18.1. The van der Waals surface area contributed by atoms with Crippen molar-refractivity contribution in [2.75, 3.05) is 32.8 Å². The van der Waals surface area contributed by atoms with Crippen LogP contribution in [0.1, 0.15) is 55.4 Å². The molecule has 138 valence electrons. The van der Waals surface area contributed by atoms with Gasteiger partial charge in [-0.15, -0.1) is 0 Å². The molecule has 0 fully saturated rings. The van der Waals surface area contributed by atoms with E-state index in [-0.39, 0.29) is 17.9 Å². The predicted molar refractivity (Wildman–Crippen MR) is 92.6 cm³/mol. The van der Waals surface area contributed by atoms with Gasteiger partial charge < -0.3 is 24.4 Å². The van der Waals surface area contributed by atoms with E-state index in [1.54, 1.807) is 4.90 Å². The van der Waals surface area contributed by atoms with Gasteiger partial charge in [0.2, 0.25) is 0 Å². The molecular weight excluding hydrogens is 296 g/mol. The second kappa shape index (κ2) is 10.1. The van der Waals surface area contributed by atoms with Gasteiger partial charge in [-0.1, -0.05) is 0 Å². The number of carbonyl (C=O) groups is 1. The maximum absolute atomic E-state index is 12.4. The molecule has 0 aromatic carbocycles. The van der Waals surface area contributed by atoms with E-state index in [9.17, 15) is 4.79 Å². The van der Waals surface area contributed by atoms with Crippen molar-refractivity contribution < 1.29 is 19.0 Å². The Morgan fingerprint density at radius 3 is 1.96 bits per heavy atom. The van der Waals surface area contributed by atoms with Gasteiger partial charge in [-0.05, 0) is 55.4 Å². The third kappa shape index (κ3) is 10.5. The molecule has 0 aliphatic carbocycles. The molecule has 6 nitrogen and oxygen atoms in total. The quantitative estimate of drug-likeness (QED) is 0.519. The van der Waals surface area contributed by atoms with Gasteiger partial charge in [-0.2, -0.15) is 0 Å². The summed E-state index contributed by atoms with van der Waals surface area (Å²) in [5, 5.41) is 3.28. The fraction of sp³-hybridized carbons (Fsp3) is 0.941. The van der Waals surface area contributed by atoms with Crippen LogP contribution in [0.3, 0.4) is 0 Å². The average molecular weight is 332 g/mol. The lowest BCUT2D eigenvalue weighted by molar-refractivity contribution is -0.132. The van der Waals surface area contributed by atoms with Crippen LogP contribution in [0.4, 0.5) is 4.79 Å². The molecule has 0 rings (SSSR count). The Bertz CT molecular complexity index is 328. The number of rotatable bonds is 9. The molecule has 0 saturated carbocycles. The van der Waals surface area contributed by atoms with Crippen LogP contribution in [0.5, 0.6) is 0 Å². The van der Waals surface area contributed by atoms with E-state index in [0.717, 1.165) is 0 Å².